The molecule has 3 heterocycles. The maximum Gasteiger partial charge on any atom is 0.490 e. The number of hydrogen-bond donors (Lipinski definition) is 3. The molecule has 3 aromatic rings. The zero-order valence-corrected chi connectivity index (χ0v) is 22.8. The minimum atomic E-state index is -5.08. The number of alkyl halides is 6. The first kappa shape index (κ1) is 33.7. The van der Waals surface area contributed by atoms with Crippen molar-refractivity contribution in [3.63, 3.8) is 0 Å². The lowest BCUT2D eigenvalue weighted by atomic mass is 10.0. The summed E-state index contributed by atoms with van der Waals surface area (Å²) in [5, 5.41) is 35.4. The second-order valence-electron chi connectivity index (χ2n) is 10.1. The van der Waals surface area contributed by atoms with Gasteiger partial charge in [-0.1, -0.05) is 47.7 Å². The van der Waals surface area contributed by atoms with Gasteiger partial charge >= 0.3 is 24.3 Å². The maximum absolute atomic E-state index is 10.6. The van der Waals surface area contributed by atoms with Crippen molar-refractivity contribution in [2.75, 3.05) is 26.2 Å². The molecule has 0 amide bonds. The van der Waals surface area contributed by atoms with Crippen LogP contribution in [-0.2, 0) is 22.7 Å². The van der Waals surface area contributed by atoms with Crippen molar-refractivity contribution in [1.29, 1.82) is 0 Å². The van der Waals surface area contributed by atoms with E-state index in [9.17, 15) is 31.4 Å². The molecule has 0 aliphatic carbocycles. The molecular formula is C27H31F6N5O5. The molecule has 3 N–H and O–H groups in total. The van der Waals surface area contributed by atoms with Crippen LogP contribution in [0.15, 0.2) is 48.7 Å². The zero-order chi connectivity index (χ0) is 31.8. The lowest BCUT2D eigenvalue weighted by molar-refractivity contribution is -0.193. The predicted molar refractivity (Wildman–Crippen MR) is 141 cm³/mol. The Hall–Kier alpha value is -3.76. The molecular weight excluding hydrogens is 588 g/mol. The summed E-state index contributed by atoms with van der Waals surface area (Å²) in [5.41, 5.74) is 2.43. The Morgan fingerprint density at radius 3 is 1.93 bits per heavy atom. The lowest BCUT2D eigenvalue weighted by Gasteiger charge is -2.32. The Kier molecular flexibility index (Phi) is 11.5. The number of hydrogen-bond acceptors (Lipinski definition) is 7. The van der Waals surface area contributed by atoms with Crippen LogP contribution in [-0.4, -0.2) is 96.7 Å². The summed E-state index contributed by atoms with van der Waals surface area (Å²) in [6, 6.07) is 15.7. The maximum atomic E-state index is 10.6. The topological polar surface area (TPSA) is 132 Å². The van der Waals surface area contributed by atoms with E-state index >= 15 is 0 Å². The van der Waals surface area contributed by atoms with Gasteiger partial charge in [-0.3, -0.25) is 9.80 Å². The van der Waals surface area contributed by atoms with E-state index in [1.54, 1.807) is 0 Å². The summed E-state index contributed by atoms with van der Waals surface area (Å²) >= 11 is 0. The first-order valence-corrected chi connectivity index (χ1v) is 13.2. The first-order chi connectivity index (χ1) is 20.1. The summed E-state index contributed by atoms with van der Waals surface area (Å²) in [7, 11) is 0. The Labute approximate surface area is 242 Å². The van der Waals surface area contributed by atoms with Gasteiger partial charge in [0.15, 0.2) is 0 Å². The van der Waals surface area contributed by atoms with Crippen LogP contribution in [0.3, 0.4) is 0 Å². The van der Waals surface area contributed by atoms with Crippen molar-refractivity contribution >= 4 is 22.7 Å². The van der Waals surface area contributed by atoms with E-state index in [0.29, 0.717) is 6.04 Å². The number of aromatic nitrogens is 3. The summed E-state index contributed by atoms with van der Waals surface area (Å²) < 4.78 is 65.5. The largest absolute Gasteiger partial charge is 0.490 e. The van der Waals surface area contributed by atoms with E-state index < -0.39 is 24.3 Å². The van der Waals surface area contributed by atoms with Crippen LogP contribution in [0, 0.1) is 0 Å². The monoisotopic (exact) mass is 619 g/mol. The third-order valence-corrected chi connectivity index (χ3v) is 6.88. The van der Waals surface area contributed by atoms with Gasteiger partial charge in [0.05, 0.1) is 24.0 Å². The number of fused-ring (bicyclic) bond motifs is 1. The van der Waals surface area contributed by atoms with Crippen LogP contribution in [0.5, 0.6) is 0 Å². The van der Waals surface area contributed by atoms with E-state index in [1.165, 1.54) is 16.3 Å². The van der Waals surface area contributed by atoms with Crippen LogP contribution < -0.4 is 0 Å². The molecule has 0 spiro atoms. The number of likely N-dealkylation sites (tertiary alicyclic amines) is 2. The van der Waals surface area contributed by atoms with Gasteiger partial charge in [-0.2, -0.15) is 26.3 Å². The molecule has 2 saturated heterocycles. The smallest absolute Gasteiger partial charge is 0.475 e. The van der Waals surface area contributed by atoms with Gasteiger partial charge in [-0.15, -0.1) is 5.10 Å². The number of aliphatic carboxylic acids is 2. The number of piperidine rings is 1. The number of aliphatic hydroxyl groups is 1. The van der Waals surface area contributed by atoms with Gasteiger partial charge in [0.1, 0.15) is 0 Å². The van der Waals surface area contributed by atoms with E-state index in [0.717, 1.165) is 64.2 Å². The fourth-order valence-electron chi connectivity index (χ4n) is 4.76. The van der Waals surface area contributed by atoms with Crippen molar-refractivity contribution in [2.24, 2.45) is 0 Å². The van der Waals surface area contributed by atoms with Crippen LogP contribution in [0.25, 0.3) is 10.8 Å². The molecule has 1 atom stereocenters. The standard InChI is InChI=1S/C23H29N5O.2C2HF3O2/c29-22-10-13-27(17-22)15-20-16-28(25-24-20)21-8-11-26(12-9-21)14-19-6-3-5-18-4-1-2-7-23(18)19;2*3-2(4,5)1(6)7/h1-7,16,21-22,29H,8-15,17H2;2*(H,6,7)/t22-;;/m1../s1. The number of nitrogens with zero attached hydrogens (tertiary/aromatic N) is 5. The molecule has 236 valence electrons. The van der Waals surface area contributed by atoms with Crippen molar-refractivity contribution in [2.45, 2.75) is 56.9 Å². The molecule has 10 nitrogen and oxygen atoms in total. The Morgan fingerprint density at radius 1 is 0.814 bits per heavy atom. The molecule has 0 saturated carbocycles. The number of β-amino-alcohol motifs (C(OH)–C–C–N with tert-alkyl or cyclic N) is 1. The summed E-state index contributed by atoms with van der Waals surface area (Å²) in [5.74, 6) is -5.51. The predicted octanol–water partition coefficient (Wildman–Crippen LogP) is 4.10. The van der Waals surface area contributed by atoms with Crippen molar-refractivity contribution in [1.82, 2.24) is 24.8 Å². The van der Waals surface area contributed by atoms with Gasteiger partial charge < -0.3 is 15.3 Å². The number of rotatable bonds is 5. The fraction of sp³-hybridized carbons (Fsp3) is 0.481. The van der Waals surface area contributed by atoms with Crippen molar-refractivity contribution in [3.05, 3.63) is 59.9 Å². The minimum Gasteiger partial charge on any atom is -0.475 e. The third kappa shape index (κ3) is 10.5. The number of halogens is 6. The molecule has 2 aromatic carbocycles. The number of carboxylic acid groups (broad SMARTS) is 2. The third-order valence-electron chi connectivity index (χ3n) is 6.88. The summed E-state index contributed by atoms with van der Waals surface area (Å²) in [6.07, 6.45) is -5.17. The number of benzene rings is 2. The molecule has 0 unspecified atom stereocenters. The normalized spacial score (nSPS) is 18.4. The van der Waals surface area contributed by atoms with E-state index in [1.807, 2.05) is 0 Å². The van der Waals surface area contributed by atoms with E-state index in [4.69, 9.17) is 19.8 Å². The van der Waals surface area contributed by atoms with Crippen molar-refractivity contribution in [3.8, 4) is 0 Å². The van der Waals surface area contributed by atoms with Gasteiger partial charge in [-0.05, 0) is 35.6 Å². The molecule has 0 bridgehead atoms. The van der Waals surface area contributed by atoms with Crippen LogP contribution in [0.1, 0.15) is 36.6 Å². The highest BCUT2D eigenvalue weighted by molar-refractivity contribution is 5.85. The molecule has 16 heteroatoms. The number of carbonyl (C=O) groups is 2. The fourth-order valence-corrected chi connectivity index (χ4v) is 4.76. The second kappa shape index (κ2) is 14.6. The van der Waals surface area contributed by atoms with E-state index in [-0.39, 0.29) is 6.10 Å². The molecule has 2 aliphatic rings. The van der Waals surface area contributed by atoms with Crippen LogP contribution >= 0.6 is 0 Å². The van der Waals surface area contributed by atoms with Crippen molar-refractivity contribution < 1.29 is 51.3 Å². The Morgan fingerprint density at radius 2 is 1.37 bits per heavy atom. The highest BCUT2D eigenvalue weighted by Crippen LogP contribution is 2.26. The Balaban J connectivity index is 0.000000303. The molecule has 2 fully saturated rings. The Bertz CT molecular complexity index is 1330. The average Bonchev–Trinajstić information content (AvgIpc) is 3.58. The molecule has 5 rings (SSSR count). The lowest BCUT2D eigenvalue weighted by Crippen LogP contribution is -2.34. The number of carboxylic acids is 2. The zero-order valence-electron chi connectivity index (χ0n) is 22.8. The van der Waals surface area contributed by atoms with Gasteiger partial charge in [0.25, 0.3) is 0 Å². The van der Waals surface area contributed by atoms with Gasteiger partial charge in [0, 0.05) is 39.3 Å². The van der Waals surface area contributed by atoms with Gasteiger partial charge in [-0.25, -0.2) is 14.3 Å². The van der Waals surface area contributed by atoms with Gasteiger partial charge in [0.2, 0.25) is 0 Å². The quantitative estimate of drug-likeness (QED) is 0.361. The van der Waals surface area contributed by atoms with Crippen LogP contribution in [0.2, 0.25) is 0 Å². The van der Waals surface area contributed by atoms with Crippen LogP contribution in [0.4, 0.5) is 26.3 Å². The highest BCUT2D eigenvalue weighted by Gasteiger charge is 2.39. The SMILES string of the molecule is O=C(O)C(F)(F)F.O=C(O)C(F)(F)F.O[C@@H]1CCN(Cc2cn(C3CCN(Cc4cccc5ccccc45)CC3)nn2)C1. The average molecular weight is 620 g/mol. The van der Waals surface area contributed by atoms with E-state index in [2.05, 4.69) is 73.5 Å². The summed E-state index contributed by atoms with van der Waals surface area (Å²) in [6.45, 7) is 5.66. The minimum absolute atomic E-state index is 0.184. The molecule has 0 radical (unpaired) electrons. The molecule has 43 heavy (non-hydrogen) atoms. The summed E-state index contributed by atoms with van der Waals surface area (Å²) in [4.78, 5) is 22.6. The number of aliphatic hydroxyl groups excluding tert-OH is 1. The highest BCUT2D eigenvalue weighted by atomic mass is 19.4. The molecule has 2 aliphatic heterocycles. The second-order valence-corrected chi connectivity index (χ2v) is 10.1. The molecule has 1 aromatic heterocycles. The first-order valence-electron chi connectivity index (χ1n) is 13.2.